The Morgan fingerprint density at radius 2 is 1.95 bits per heavy atom. The molecule has 1 amide bonds. The van der Waals surface area contributed by atoms with Crippen LogP contribution in [0.25, 0.3) is 0 Å². The number of amides is 1. The summed E-state index contributed by atoms with van der Waals surface area (Å²) in [6.45, 7) is 3.69. The van der Waals surface area contributed by atoms with Gasteiger partial charge in [0.05, 0.1) is 5.69 Å². The van der Waals surface area contributed by atoms with Crippen molar-refractivity contribution < 1.29 is 9.90 Å². The molecule has 2 rings (SSSR count). The Bertz CT molecular complexity index is 684. The molecule has 0 atom stereocenters. The Kier molecular flexibility index (Phi) is 3.99. The number of nitrogens with two attached hydrogens (primary N) is 1. The van der Waals surface area contributed by atoms with E-state index in [9.17, 15) is 9.90 Å². The van der Waals surface area contributed by atoms with Crippen LogP contribution in [-0.4, -0.2) is 11.0 Å². The highest BCUT2D eigenvalue weighted by molar-refractivity contribution is 9.10. The maximum absolute atomic E-state index is 12.2. The Morgan fingerprint density at radius 3 is 2.60 bits per heavy atom. The van der Waals surface area contributed by atoms with Crippen LogP contribution in [0, 0.1) is 13.8 Å². The zero-order valence-electron chi connectivity index (χ0n) is 11.2. The molecule has 0 aromatic heterocycles. The first-order valence-corrected chi connectivity index (χ1v) is 6.84. The molecule has 0 aliphatic heterocycles. The molecule has 4 N–H and O–H groups in total. The van der Waals surface area contributed by atoms with E-state index >= 15 is 0 Å². The summed E-state index contributed by atoms with van der Waals surface area (Å²) in [6.07, 6.45) is 0. The second kappa shape index (κ2) is 5.54. The minimum atomic E-state index is -0.300. The lowest BCUT2D eigenvalue weighted by Crippen LogP contribution is -2.12. The number of hydrogen-bond donors (Lipinski definition) is 3. The number of anilines is 2. The predicted octanol–water partition coefficient (Wildman–Crippen LogP) is 3.61. The van der Waals surface area contributed by atoms with Gasteiger partial charge in [-0.05, 0) is 65.2 Å². The second-order valence-electron chi connectivity index (χ2n) is 4.67. The van der Waals surface area contributed by atoms with Crippen LogP contribution in [0.2, 0.25) is 0 Å². The Morgan fingerprint density at radius 1 is 1.25 bits per heavy atom. The van der Waals surface area contributed by atoms with Crippen LogP contribution in [0.5, 0.6) is 5.75 Å². The van der Waals surface area contributed by atoms with Crippen LogP contribution >= 0.6 is 15.9 Å². The van der Waals surface area contributed by atoms with Gasteiger partial charge in [-0.1, -0.05) is 6.07 Å². The van der Waals surface area contributed by atoms with Crippen LogP contribution in [0.15, 0.2) is 34.8 Å². The molecular formula is C15H15BrN2O2. The number of phenolic OH excluding ortho intramolecular Hbond substituents is 1. The number of carbonyl (C=O) groups is 1. The second-order valence-corrected chi connectivity index (χ2v) is 5.52. The summed E-state index contributed by atoms with van der Waals surface area (Å²) in [7, 11) is 0. The zero-order valence-corrected chi connectivity index (χ0v) is 12.8. The van der Waals surface area contributed by atoms with Crippen molar-refractivity contribution >= 4 is 33.2 Å². The number of rotatable bonds is 2. The highest BCUT2D eigenvalue weighted by atomic mass is 79.9. The lowest BCUT2D eigenvalue weighted by atomic mass is 10.1. The molecule has 0 heterocycles. The number of halogens is 1. The normalized spacial score (nSPS) is 10.3. The summed E-state index contributed by atoms with van der Waals surface area (Å²) in [5, 5.41) is 12.7. The maximum Gasteiger partial charge on any atom is 0.255 e. The number of phenols is 1. The van der Waals surface area contributed by atoms with Gasteiger partial charge in [0.2, 0.25) is 0 Å². The molecule has 0 aliphatic rings. The van der Waals surface area contributed by atoms with Gasteiger partial charge in [-0.3, -0.25) is 4.79 Å². The van der Waals surface area contributed by atoms with E-state index in [1.165, 1.54) is 0 Å². The molecule has 0 fully saturated rings. The average Bonchev–Trinajstić information content (AvgIpc) is 2.38. The van der Waals surface area contributed by atoms with Crippen molar-refractivity contribution in [2.45, 2.75) is 13.8 Å². The first-order chi connectivity index (χ1) is 9.38. The van der Waals surface area contributed by atoms with Gasteiger partial charge in [-0.2, -0.15) is 0 Å². The van der Waals surface area contributed by atoms with E-state index in [1.54, 1.807) is 31.2 Å². The first-order valence-electron chi connectivity index (χ1n) is 6.05. The van der Waals surface area contributed by atoms with Crippen molar-refractivity contribution in [3.8, 4) is 5.75 Å². The Balaban J connectivity index is 2.30. The van der Waals surface area contributed by atoms with E-state index in [2.05, 4.69) is 21.2 Å². The van der Waals surface area contributed by atoms with Gasteiger partial charge in [0.1, 0.15) is 5.75 Å². The van der Waals surface area contributed by atoms with E-state index in [-0.39, 0.29) is 11.7 Å². The van der Waals surface area contributed by atoms with Crippen LogP contribution in [-0.2, 0) is 0 Å². The van der Waals surface area contributed by atoms with E-state index in [0.29, 0.717) is 21.4 Å². The molecule has 2 aromatic carbocycles. The fraction of sp³-hybridized carbons (Fsp3) is 0.133. The van der Waals surface area contributed by atoms with Gasteiger partial charge in [-0.25, -0.2) is 0 Å². The maximum atomic E-state index is 12.2. The van der Waals surface area contributed by atoms with Crippen molar-refractivity contribution in [2.75, 3.05) is 11.1 Å². The quantitative estimate of drug-likeness (QED) is 0.580. The molecular weight excluding hydrogens is 320 g/mol. The molecule has 5 heteroatoms. The third-order valence-electron chi connectivity index (χ3n) is 2.96. The van der Waals surface area contributed by atoms with Gasteiger partial charge in [0.15, 0.2) is 0 Å². The number of benzene rings is 2. The Labute approximate surface area is 125 Å². The van der Waals surface area contributed by atoms with Crippen molar-refractivity contribution in [1.82, 2.24) is 0 Å². The number of hydrogen-bond acceptors (Lipinski definition) is 3. The van der Waals surface area contributed by atoms with Crippen molar-refractivity contribution in [3.05, 3.63) is 51.5 Å². The topological polar surface area (TPSA) is 75.3 Å². The largest absolute Gasteiger partial charge is 0.505 e. The minimum Gasteiger partial charge on any atom is -0.505 e. The van der Waals surface area contributed by atoms with Crippen molar-refractivity contribution in [3.63, 3.8) is 0 Å². The third kappa shape index (κ3) is 2.93. The summed E-state index contributed by atoms with van der Waals surface area (Å²) >= 11 is 3.28. The molecule has 4 nitrogen and oxygen atoms in total. The predicted molar refractivity (Wildman–Crippen MR) is 84.1 cm³/mol. The molecule has 0 spiro atoms. The summed E-state index contributed by atoms with van der Waals surface area (Å²) in [5.74, 6) is -0.218. The Hall–Kier alpha value is -2.01. The molecule has 2 aromatic rings. The van der Waals surface area contributed by atoms with Gasteiger partial charge < -0.3 is 16.2 Å². The molecule has 104 valence electrons. The smallest absolute Gasteiger partial charge is 0.255 e. The van der Waals surface area contributed by atoms with E-state index in [1.807, 2.05) is 13.0 Å². The summed E-state index contributed by atoms with van der Waals surface area (Å²) in [4.78, 5) is 12.2. The highest BCUT2D eigenvalue weighted by Crippen LogP contribution is 2.29. The number of nitrogens with one attached hydrogen (secondary N) is 1. The fourth-order valence-electron chi connectivity index (χ4n) is 1.92. The molecule has 20 heavy (non-hydrogen) atoms. The SMILES string of the molecule is Cc1cc(C)c(O)c(NC(=O)c2ccc(N)c(Br)c2)c1. The molecule has 0 saturated heterocycles. The van der Waals surface area contributed by atoms with Gasteiger partial charge in [0.25, 0.3) is 5.91 Å². The van der Waals surface area contributed by atoms with Crippen LogP contribution in [0.1, 0.15) is 21.5 Å². The zero-order chi connectivity index (χ0) is 14.9. The van der Waals surface area contributed by atoms with Crippen LogP contribution in [0.3, 0.4) is 0 Å². The lowest BCUT2D eigenvalue weighted by molar-refractivity contribution is 0.102. The number of aryl methyl sites for hydroxylation is 2. The van der Waals surface area contributed by atoms with Crippen molar-refractivity contribution in [1.29, 1.82) is 0 Å². The number of carbonyl (C=O) groups excluding carboxylic acids is 1. The fourth-order valence-corrected chi connectivity index (χ4v) is 2.30. The summed E-state index contributed by atoms with van der Waals surface area (Å²) in [6, 6.07) is 8.51. The first kappa shape index (κ1) is 14.4. The van der Waals surface area contributed by atoms with Gasteiger partial charge >= 0.3 is 0 Å². The van der Waals surface area contributed by atoms with Crippen molar-refractivity contribution in [2.24, 2.45) is 0 Å². The molecule has 0 bridgehead atoms. The lowest BCUT2D eigenvalue weighted by Gasteiger charge is -2.11. The van der Waals surface area contributed by atoms with E-state index < -0.39 is 0 Å². The van der Waals surface area contributed by atoms with Gasteiger partial charge in [-0.15, -0.1) is 0 Å². The summed E-state index contributed by atoms with van der Waals surface area (Å²) in [5.41, 5.74) is 8.81. The number of nitrogen functional groups attached to an aromatic ring is 1. The summed E-state index contributed by atoms with van der Waals surface area (Å²) < 4.78 is 0.662. The standard InChI is InChI=1S/C15H15BrN2O2/c1-8-5-9(2)14(19)13(6-8)18-15(20)10-3-4-12(17)11(16)7-10/h3-7,19H,17H2,1-2H3,(H,18,20). The molecule has 0 saturated carbocycles. The van der Waals surface area contributed by atoms with Gasteiger partial charge in [0, 0.05) is 15.7 Å². The van der Waals surface area contributed by atoms with E-state index in [4.69, 9.17) is 5.73 Å². The third-order valence-corrected chi connectivity index (χ3v) is 3.64. The van der Waals surface area contributed by atoms with Crippen LogP contribution < -0.4 is 11.1 Å². The minimum absolute atomic E-state index is 0.0819. The molecule has 0 radical (unpaired) electrons. The molecule has 0 aliphatic carbocycles. The average molecular weight is 335 g/mol. The molecule has 0 unspecified atom stereocenters. The monoisotopic (exact) mass is 334 g/mol. The van der Waals surface area contributed by atoms with Crippen LogP contribution in [0.4, 0.5) is 11.4 Å². The number of aromatic hydroxyl groups is 1. The highest BCUT2D eigenvalue weighted by Gasteiger charge is 2.12. The van der Waals surface area contributed by atoms with E-state index in [0.717, 1.165) is 11.1 Å².